The van der Waals surface area contributed by atoms with Gasteiger partial charge in [0.25, 0.3) is 0 Å². The Kier molecular flexibility index (Phi) is 5.79. The van der Waals surface area contributed by atoms with Gasteiger partial charge in [-0.1, -0.05) is 6.92 Å². The highest BCUT2D eigenvalue weighted by molar-refractivity contribution is 5.59. The molecule has 118 valence electrons. The number of aryl methyl sites for hydroxylation is 1. The van der Waals surface area contributed by atoms with E-state index in [0.717, 1.165) is 55.4 Å². The summed E-state index contributed by atoms with van der Waals surface area (Å²) < 4.78 is 0. The second-order valence-corrected chi connectivity index (χ2v) is 5.85. The van der Waals surface area contributed by atoms with E-state index in [0.29, 0.717) is 6.04 Å². The molecule has 0 aromatic carbocycles. The van der Waals surface area contributed by atoms with E-state index in [1.807, 2.05) is 6.92 Å². The van der Waals surface area contributed by atoms with E-state index in [-0.39, 0.29) is 6.61 Å². The maximum absolute atomic E-state index is 9.31. The molecule has 21 heavy (non-hydrogen) atoms. The van der Waals surface area contributed by atoms with Gasteiger partial charge in [-0.15, -0.1) is 0 Å². The van der Waals surface area contributed by atoms with Gasteiger partial charge in [-0.2, -0.15) is 0 Å². The van der Waals surface area contributed by atoms with Gasteiger partial charge < -0.3 is 15.3 Å². The lowest BCUT2D eigenvalue weighted by Gasteiger charge is -2.37. The van der Waals surface area contributed by atoms with Crippen LogP contribution in [0.15, 0.2) is 0 Å². The van der Waals surface area contributed by atoms with Gasteiger partial charge in [0.05, 0.1) is 0 Å². The van der Waals surface area contributed by atoms with Crippen LogP contribution in [0.2, 0.25) is 0 Å². The van der Waals surface area contributed by atoms with E-state index >= 15 is 0 Å². The first-order valence-electron chi connectivity index (χ1n) is 8.14. The average molecular weight is 292 g/mol. The molecule has 0 saturated carbocycles. The first-order chi connectivity index (χ1) is 10.2. The van der Waals surface area contributed by atoms with Gasteiger partial charge in [-0.05, 0) is 46.0 Å². The molecule has 0 amide bonds. The number of nitrogens with one attached hydrogen (secondary N) is 1. The van der Waals surface area contributed by atoms with E-state index in [1.165, 1.54) is 12.8 Å². The lowest BCUT2D eigenvalue weighted by atomic mass is 9.99. The highest BCUT2D eigenvalue weighted by Gasteiger charge is 2.25. The number of rotatable bonds is 6. The molecule has 5 heteroatoms. The SMILES string of the molecule is CCCNc1nc(C)nc(N2CCCCC2CCO)c1C. The van der Waals surface area contributed by atoms with Crippen LogP contribution in [-0.4, -0.2) is 40.8 Å². The number of aliphatic hydroxyl groups is 1. The summed E-state index contributed by atoms with van der Waals surface area (Å²) in [6.45, 7) is 8.39. The molecule has 1 atom stereocenters. The topological polar surface area (TPSA) is 61.3 Å². The molecule has 5 nitrogen and oxygen atoms in total. The predicted molar refractivity (Wildman–Crippen MR) is 87.0 cm³/mol. The second kappa shape index (κ2) is 7.59. The Labute approximate surface area is 127 Å². The van der Waals surface area contributed by atoms with Crippen molar-refractivity contribution in [3.63, 3.8) is 0 Å². The molecule has 1 aromatic rings. The normalized spacial score (nSPS) is 18.9. The quantitative estimate of drug-likeness (QED) is 0.844. The van der Waals surface area contributed by atoms with E-state index < -0.39 is 0 Å². The van der Waals surface area contributed by atoms with Crippen molar-refractivity contribution < 1.29 is 5.11 Å². The minimum atomic E-state index is 0.241. The molecule has 0 spiro atoms. The zero-order valence-corrected chi connectivity index (χ0v) is 13.5. The van der Waals surface area contributed by atoms with E-state index in [4.69, 9.17) is 4.98 Å². The van der Waals surface area contributed by atoms with Crippen LogP contribution in [0.1, 0.15) is 50.4 Å². The Morgan fingerprint density at radius 3 is 2.81 bits per heavy atom. The van der Waals surface area contributed by atoms with Crippen molar-refractivity contribution in [3.8, 4) is 0 Å². The predicted octanol–water partition coefficient (Wildman–Crippen LogP) is 2.66. The maximum Gasteiger partial charge on any atom is 0.137 e. The number of hydrogen-bond acceptors (Lipinski definition) is 5. The Hall–Kier alpha value is -1.36. The van der Waals surface area contributed by atoms with Gasteiger partial charge in [-0.3, -0.25) is 0 Å². The summed E-state index contributed by atoms with van der Waals surface area (Å²) in [4.78, 5) is 11.6. The van der Waals surface area contributed by atoms with Crippen molar-refractivity contribution in [2.75, 3.05) is 29.9 Å². The number of aliphatic hydroxyl groups excluding tert-OH is 1. The Morgan fingerprint density at radius 2 is 2.10 bits per heavy atom. The average Bonchev–Trinajstić information content (AvgIpc) is 2.49. The summed E-state index contributed by atoms with van der Waals surface area (Å²) in [5.74, 6) is 2.80. The van der Waals surface area contributed by atoms with E-state index in [9.17, 15) is 5.11 Å². The van der Waals surface area contributed by atoms with Crippen LogP contribution in [0, 0.1) is 13.8 Å². The molecule has 1 aromatic heterocycles. The lowest BCUT2D eigenvalue weighted by Crippen LogP contribution is -2.41. The van der Waals surface area contributed by atoms with Crippen molar-refractivity contribution in [1.82, 2.24) is 9.97 Å². The van der Waals surface area contributed by atoms with Gasteiger partial charge in [0.15, 0.2) is 0 Å². The largest absolute Gasteiger partial charge is 0.396 e. The third kappa shape index (κ3) is 3.84. The molecular weight excluding hydrogens is 264 g/mol. The van der Waals surface area contributed by atoms with Gasteiger partial charge >= 0.3 is 0 Å². The Balaban J connectivity index is 2.30. The standard InChI is InChI=1S/C16H28N4O/c1-4-9-17-15-12(2)16(19-13(3)18-15)20-10-6-5-7-14(20)8-11-21/h14,21H,4-11H2,1-3H3,(H,17,18,19). The monoisotopic (exact) mass is 292 g/mol. The number of nitrogens with zero attached hydrogens (tertiary/aromatic N) is 3. The zero-order valence-electron chi connectivity index (χ0n) is 13.5. The number of aromatic nitrogens is 2. The van der Waals surface area contributed by atoms with Crippen molar-refractivity contribution in [1.29, 1.82) is 0 Å². The zero-order chi connectivity index (χ0) is 15.2. The molecule has 1 aliphatic heterocycles. The molecule has 0 bridgehead atoms. The molecular formula is C16H28N4O. The smallest absolute Gasteiger partial charge is 0.137 e. The van der Waals surface area contributed by atoms with Crippen LogP contribution in [0.5, 0.6) is 0 Å². The molecule has 1 fully saturated rings. The Morgan fingerprint density at radius 1 is 1.29 bits per heavy atom. The van der Waals surface area contributed by atoms with Crippen LogP contribution in [0.3, 0.4) is 0 Å². The molecule has 1 unspecified atom stereocenters. The lowest BCUT2D eigenvalue weighted by molar-refractivity contribution is 0.262. The van der Waals surface area contributed by atoms with Crippen molar-refractivity contribution in [2.45, 2.75) is 58.9 Å². The highest BCUT2D eigenvalue weighted by Crippen LogP contribution is 2.30. The van der Waals surface area contributed by atoms with Crippen LogP contribution in [-0.2, 0) is 0 Å². The molecule has 2 heterocycles. The fourth-order valence-corrected chi connectivity index (χ4v) is 3.04. The minimum absolute atomic E-state index is 0.241. The van der Waals surface area contributed by atoms with Crippen molar-refractivity contribution in [2.24, 2.45) is 0 Å². The fourth-order valence-electron chi connectivity index (χ4n) is 3.04. The van der Waals surface area contributed by atoms with Crippen LogP contribution < -0.4 is 10.2 Å². The summed E-state index contributed by atoms with van der Waals surface area (Å²) >= 11 is 0. The van der Waals surface area contributed by atoms with E-state index in [1.54, 1.807) is 0 Å². The van der Waals surface area contributed by atoms with Crippen LogP contribution in [0.4, 0.5) is 11.6 Å². The third-order valence-electron chi connectivity index (χ3n) is 4.14. The number of anilines is 2. The van der Waals surface area contributed by atoms with Crippen LogP contribution >= 0.6 is 0 Å². The van der Waals surface area contributed by atoms with Gasteiger partial charge in [0.2, 0.25) is 0 Å². The molecule has 0 aliphatic carbocycles. The summed E-state index contributed by atoms with van der Waals surface area (Å²) in [5.41, 5.74) is 1.12. The number of piperidine rings is 1. The third-order valence-corrected chi connectivity index (χ3v) is 4.14. The summed E-state index contributed by atoms with van der Waals surface area (Å²) in [6, 6.07) is 0.399. The first-order valence-corrected chi connectivity index (χ1v) is 8.14. The second-order valence-electron chi connectivity index (χ2n) is 5.85. The highest BCUT2D eigenvalue weighted by atomic mass is 16.3. The van der Waals surface area contributed by atoms with Crippen molar-refractivity contribution >= 4 is 11.6 Å². The van der Waals surface area contributed by atoms with Gasteiger partial charge in [0, 0.05) is 31.3 Å². The molecule has 1 aliphatic rings. The minimum Gasteiger partial charge on any atom is -0.396 e. The van der Waals surface area contributed by atoms with Gasteiger partial charge in [0.1, 0.15) is 17.5 Å². The summed E-state index contributed by atoms with van der Waals surface area (Å²) in [5, 5.41) is 12.7. The first kappa shape index (κ1) is 16.0. The maximum atomic E-state index is 9.31. The fraction of sp³-hybridized carbons (Fsp3) is 0.750. The molecule has 2 N–H and O–H groups in total. The van der Waals surface area contributed by atoms with Crippen molar-refractivity contribution in [3.05, 3.63) is 11.4 Å². The van der Waals surface area contributed by atoms with E-state index in [2.05, 4.69) is 29.0 Å². The Bertz CT molecular complexity index is 462. The molecule has 2 rings (SSSR count). The van der Waals surface area contributed by atoms with Crippen LogP contribution in [0.25, 0.3) is 0 Å². The summed E-state index contributed by atoms with van der Waals surface area (Å²) in [7, 11) is 0. The summed E-state index contributed by atoms with van der Waals surface area (Å²) in [6.07, 6.45) is 5.48. The molecule has 0 radical (unpaired) electrons. The van der Waals surface area contributed by atoms with Gasteiger partial charge in [-0.25, -0.2) is 9.97 Å². The molecule has 1 saturated heterocycles. The number of hydrogen-bond donors (Lipinski definition) is 2.